The molecule has 0 aliphatic carbocycles. The number of hydrogen-bond donors (Lipinski definition) is 2. The van der Waals surface area contributed by atoms with E-state index in [9.17, 15) is 14.7 Å². The Morgan fingerprint density at radius 2 is 2.00 bits per heavy atom. The summed E-state index contributed by atoms with van der Waals surface area (Å²) in [5.74, 6) is -1.08. The Morgan fingerprint density at radius 3 is 2.33 bits per heavy atom. The second-order valence-electron chi connectivity index (χ2n) is 2.96. The third-order valence-electron chi connectivity index (χ3n) is 1.31. The quantitative estimate of drug-likeness (QED) is 0.286. The smallest absolute Gasteiger partial charge is 0.548 e. The maximum Gasteiger partial charge on any atom is 1.00 e. The normalized spacial score (nSPS) is 13.5. The summed E-state index contributed by atoms with van der Waals surface area (Å²) in [4.78, 5) is 21.1. The summed E-state index contributed by atoms with van der Waals surface area (Å²) in [7, 11) is 0. The molecule has 0 saturated carbocycles. The molecule has 82 valence electrons. The van der Waals surface area contributed by atoms with Crippen LogP contribution in [0.3, 0.4) is 0 Å². The van der Waals surface area contributed by atoms with Crippen LogP contribution in [-0.2, 0) is 9.59 Å². The van der Waals surface area contributed by atoms with Gasteiger partial charge >= 0.3 is 51.4 Å². The Hall–Kier alpha value is 0.886. The Balaban J connectivity index is 0. The van der Waals surface area contributed by atoms with Gasteiger partial charge in [-0.1, -0.05) is 0 Å². The van der Waals surface area contributed by atoms with Gasteiger partial charge in [0, 0.05) is 18.4 Å². The monoisotopic (exact) mass is 263 g/mol. The zero-order valence-corrected chi connectivity index (χ0v) is 13.1. The van der Waals surface area contributed by atoms with Crippen LogP contribution >= 0.6 is 11.8 Å². The molecule has 2 atom stereocenters. The first kappa shape index (κ1) is 18.3. The predicted octanol–water partition coefficient (Wildman–Crippen LogP) is -4.64. The van der Waals surface area contributed by atoms with Crippen molar-refractivity contribution in [1.29, 1.82) is 0 Å². The topological polar surface area (TPSA) is 89.5 Å². The van der Waals surface area contributed by atoms with Crippen LogP contribution in [-0.4, -0.2) is 40.6 Å². The van der Waals surface area contributed by atoms with Crippen LogP contribution in [0.15, 0.2) is 0 Å². The maximum absolute atomic E-state index is 10.6. The number of aliphatic hydroxyl groups excluding tert-OH is 1. The van der Waals surface area contributed by atoms with E-state index in [4.69, 9.17) is 5.11 Å². The first-order chi connectivity index (χ1) is 6.43. The third kappa shape index (κ3) is 11.2. The molecule has 2 N–H and O–H groups in total. The molecular weight excluding hydrogens is 249 g/mol. The van der Waals surface area contributed by atoms with E-state index in [0.717, 1.165) is 0 Å². The first-order valence-corrected chi connectivity index (χ1v) is 5.32. The number of carbonyl (C=O) groups excluding carboxylic acids is 2. The Bertz CT molecular complexity index is 213. The van der Waals surface area contributed by atoms with Crippen molar-refractivity contribution in [1.82, 2.24) is 5.32 Å². The molecule has 1 amide bonds. The van der Waals surface area contributed by atoms with Crippen molar-refractivity contribution in [3.8, 4) is 0 Å². The standard InChI is InChI=1S/C8H15NO4S.K/c1-5(10)3-14-4-7(8(12)13)9-6(2)11;/h5,7,10H,3-4H2,1-2H3,(H,9,11)(H,12,13);/q;+1/p-1/i6+1,7+1,8+1,9+1;. The number of amides is 1. The van der Waals surface area contributed by atoms with Gasteiger partial charge in [-0.3, -0.25) is 4.79 Å². The van der Waals surface area contributed by atoms with Crippen LogP contribution in [0.5, 0.6) is 0 Å². The number of hydrogen-bond acceptors (Lipinski definition) is 5. The second kappa shape index (κ2) is 10.1. The average molecular weight is 263 g/mol. The van der Waals surface area contributed by atoms with Crippen molar-refractivity contribution in [3.63, 3.8) is 0 Å². The van der Waals surface area contributed by atoms with Gasteiger partial charge in [-0.05, 0) is 6.92 Å². The summed E-state index contributed by atoms with van der Waals surface area (Å²) in [6, 6.07) is -0.990. The zero-order chi connectivity index (χ0) is 11.1. The van der Waals surface area contributed by atoms with Crippen LogP contribution in [0.4, 0.5) is 0 Å². The predicted molar refractivity (Wildman–Crippen MR) is 51.6 cm³/mol. The van der Waals surface area contributed by atoms with E-state index in [2.05, 4.69) is 5.32 Å². The molecular formula is C8H14KNO4S. The van der Waals surface area contributed by atoms with E-state index in [1.165, 1.54) is 18.7 Å². The summed E-state index contributed by atoms with van der Waals surface area (Å²) < 4.78 is 0. The first-order valence-electron chi connectivity index (χ1n) is 4.17. The summed E-state index contributed by atoms with van der Waals surface area (Å²) in [6.07, 6.45) is -0.486. The molecule has 5 nitrogen and oxygen atoms in total. The van der Waals surface area contributed by atoms with Crippen LogP contribution in [0, 0.1) is 0 Å². The molecule has 7 heteroatoms. The van der Waals surface area contributed by atoms with Gasteiger partial charge in [0.25, 0.3) is 0 Å². The van der Waals surface area contributed by atoms with Gasteiger partial charge in [0.1, 0.15) is 0 Å². The number of aliphatic carboxylic acids is 1. The molecule has 0 heterocycles. The van der Waals surface area contributed by atoms with Crippen LogP contribution in [0.25, 0.3) is 0 Å². The molecule has 0 radical (unpaired) electrons. The minimum atomic E-state index is -1.31. The number of nitrogens with one attached hydrogen (secondary N) is 1. The number of rotatable bonds is 6. The number of carboxylic acid groups (broad SMARTS) is 1. The van der Waals surface area contributed by atoms with Crippen LogP contribution in [0.1, 0.15) is 13.8 Å². The minimum absolute atomic E-state index is 0. The zero-order valence-electron chi connectivity index (χ0n) is 9.15. The summed E-state index contributed by atoms with van der Waals surface area (Å²) in [5.41, 5.74) is 0. The Kier molecular flexibility index (Phi) is 12.3. The fraction of sp³-hybridized carbons (Fsp3) is 0.750. The molecule has 0 rings (SSSR count). The molecule has 15 heavy (non-hydrogen) atoms. The van der Waals surface area contributed by atoms with E-state index in [-0.39, 0.29) is 57.1 Å². The summed E-state index contributed by atoms with van der Waals surface area (Å²) in [6.45, 7) is 2.86. The van der Waals surface area contributed by atoms with E-state index in [1.807, 2.05) is 0 Å². The summed E-state index contributed by atoms with van der Waals surface area (Å²) in [5, 5.41) is 21.7. The Labute approximate surface area is 136 Å². The van der Waals surface area contributed by atoms with E-state index >= 15 is 0 Å². The molecule has 0 aliphatic heterocycles. The molecule has 0 fully saturated rings. The molecule has 0 bridgehead atoms. The molecule has 0 aromatic rings. The van der Waals surface area contributed by atoms with Crippen molar-refractivity contribution in [2.24, 2.45) is 0 Å². The van der Waals surface area contributed by atoms with Crippen LogP contribution in [0.2, 0.25) is 0 Å². The number of thioether (sulfide) groups is 1. The van der Waals surface area contributed by atoms with E-state index < -0.39 is 24.0 Å². The SMILES string of the molecule is CC(O)CSC[13CH]([15NH][13C](C)=O)[13C](=O)[O-].[K+]. The van der Waals surface area contributed by atoms with Crippen molar-refractivity contribution >= 4 is 23.6 Å². The average Bonchev–Trinajstić information content (AvgIpc) is 2.00. The van der Waals surface area contributed by atoms with Crippen molar-refractivity contribution in [3.05, 3.63) is 0 Å². The molecule has 0 saturated heterocycles. The van der Waals surface area contributed by atoms with Crippen LogP contribution < -0.4 is 61.8 Å². The maximum atomic E-state index is 10.6. The Morgan fingerprint density at radius 1 is 1.47 bits per heavy atom. The molecule has 0 aliphatic rings. The van der Waals surface area contributed by atoms with Gasteiger partial charge < -0.3 is 20.3 Å². The fourth-order valence-electron chi connectivity index (χ4n) is 0.770. The number of carboxylic acids is 1. The number of carbonyl (C=O) groups is 2. The van der Waals surface area contributed by atoms with Gasteiger partial charge in [-0.15, -0.1) is 0 Å². The van der Waals surface area contributed by atoms with Crippen molar-refractivity contribution in [2.75, 3.05) is 11.5 Å². The fourth-order valence-corrected chi connectivity index (χ4v) is 1.70. The molecule has 0 aromatic heterocycles. The minimum Gasteiger partial charge on any atom is -0.548 e. The van der Waals surface area contributed by atoms with Gasteiger partial charge in [-0.25, -0.2) is 0 Å². The molecule has 0 spiro atoms. The third-order valence-corrected chi connectivity index (χ3v) is 2.59. The molecule has 0 aromatic carbocycles. The van der Waals surface area contributed by atoms with Gasteiger partial charge in [0.2, 0.25) is 5.91 Å². The van der Waals surface area contributed by atoms with Gasteiger partial charge in [0.15, 0.2) is 0 Å². The van der Waals surface area contributed by atoms with E-state index in [1.54, 1.807) is 6.92 Å². The van der Waals surface area contributed by atoms with Gasteiger partial charge in [0.05, 0.1) is 18.1 Å². The molecule has 2 unspecified atom stereocenters. The van der Waals surface area contributed by atoms with Crippen molar-refractivity contribution < 1.29 is 71.2 Å². The summed E-state index contributed by atoms with van der Waals surface area (Å²) >= 11 is 1.25. The number of aliphatic hydroxyl groups is 1. The van der Waals surface area contributed by atoms with E-state index in [0.29, 0.717) is 5.75 Å². The van der Waals surface area contributed by atoms with Gasteiger partial charge in [-0.2, -0.15) is 11.8 Å². The second-order valence-corrected chi connectivity index (χ2v) is 4.03. The largest absolute Gasteiger partial charge is 1.00 e. The van der Waals surface area contributed by atoms with Crippen molar-refractivity contribution in [2.45, 2.75) is 26.0 Å².